The number of likely N-dealkylation sites (N-methyl/N-ethyl adjacent to an activating group) is 1. The number of hydrogen-bond acceptors (Lipinski definition) is 4. The Kier molecular flexibility index (Phi) is 7.54. The van der Waals surface area contributed by atoms with Crippen LogP contribution in [0.4, 0.5) is 10.1 Å². The lowest BCUT2D eigenvalue weighted by Gasteiger charge is -2.35. The summed E-state index contributed by atoms with van der Waals surface area (Å²) < 4.78 is 13.0. The minimum atomic E-state index is -0.331. The van der Waals surface area contributed by atoms with Crippen molar-refractivity contribution < 1.29 is 14.0 Å². The Labute approximate surface area is 177 Å². The highest BCUT2D eigenvalue weighted by molar-refractivity contribution is 5.92. The summed E-state index contributed by atoms with van der Waals surface area (Å²) in [5, 5.41) is 2.78. The number of benzene rings is 2. The maximum Gasteiger partial charge on any atom is 0.238 e. The number of carbonyl (C=O) groups is 2. The molecule has 2 aromatic carbocycles. The average Bonchev–Trinajstić information content (AvgIpc) is 2.76. The molecule has 1 heterocycles. The summed E-state index contributed by atoms with van der Waals surface area (Å²) in [7, 11) is 1.84. The Morgan fingerprint density at radius 2 is 1.53 bits per heavy atom. The van der Waals surface area contributed by atoms with Crippen LogP contribution in [0.15, 0.2) is 54.6 Å². The minimum absolute atomic E-state index is 0.0233. The second-order valence-corrected chi connectivity index (χ2v) is 7.70. The van der Waals surface area contributed by atoms with Crippen LogP contribution in [0, 0.1) is 5.82 Å². The number of nitrogens with zero attached hydrogens (tertiary/aromatic N) is 3. The van der Waals surface area contributed by atoms with Gasteiger partial charge in [0.15, 0.2) is 0 Å². The number of carbonyl (C=O) groups excluding carboxylic acids is 2. The van der Waals surface area contributed by atoms with Crippen molar-refractivity contribution in [1.29, 1.82) is 0 Å². The molecule has 1 fully saturated rings. The van der Waals surface area contributed by atoms with Crippen molar-refractivity contribution in [1.82, 2.24) is 14.7 Å². The molecule has 0 bridgehead atoms. The SMILES string of the molecule is CC(c1ccccc1)N(C)C(=O)CN1CCN(CC(=O)Nc2ccc(F)cc2)CC1. The molecule has 2 amide bonds. The maximum absolute atomic E-state index is 13.0. The van der Waals surface area contributed by atoms with E-state index in [-0.39, 0.29) is 30.2 Å². The van der Waals surface area contributed by atoms with Crippen LogP contribution in [0.25, 0.3) is 0 Å². The number of rotatable bonds is 7. The van der Waals surface area contributed by atoms with E-state index in [1.807, 2.05) is 44.3 Å². The quantitative estimate of drug-likeness (QED) is 0.760. The first kappa shape index (κ1) is 21.9. The number of hydrogen-bond donors (Lipinski definition) is 1. The molecule has 0 aromatic heterocycles. The first-order chi connectivity index (χ1) is 14.4. The molecule has 1 aliphatic heterocycles. The lowest BCUT2D eigenvalue weighted by atomic mass is 10.1. The van der Waals surface area contributed by atoms with Crippen LogP contribution < -0.4 is 5.32 Å². The van der Waals surface area contributed by atoms with Crippen molar-refractivity contribution in [2.75, 3.05) is 51.6 Å². The van der Waals surface area contributed by atoms with Gasteiger partial charge < -0.3 is 10.2 Å². The van der Waals surface area contributed by atoms with Gasteiger partial charge in [-0.05, 0) is 36.8 Å². The molecule has 1 N–H and O–H groups in total. The van der Waals surface area contributed by atoms with Gasteiger partial charge in [-0.2, -0.15) is 0 Å². The van der Waals surface area contributed by atoms with Gasteiger partial charge >= 0.3 is 0 Å². The van der Waals surface area contributed by atoms with Gasteiger partial charge in [0.1, 0.15) is 5.82 Å². The lowest BCUT2D eigenvalue weighted by molar-refractivity contribution is -0.133. The van der Waals surface area contributed by atoms with Crippen LogP contribution in [0.2, 0.25) is 0 Å². The Hall–Kier alpha value is -2.77. The van der Waals surface area contributed by atoms with Crippen molar-refractivity contribution in [3.8, 4) is 0 Å². The van der Waals surface area contributed by atoms with Crippen LogP contribution in [0.3, 0.4) is 0 Å². The largest absolute Gasteiger partial charge is 0.338 e. The fourth-order valence-corrected chi connectivity index (χ4v) is 3.52. The molecule has 0 spiro atoms. The molecular weight excluding hydrogens is 383 g/mol. The number of halogens is 1. The van der Waals surface area contributed by atoms with Crippen molar-refractivity contribution >= 4 is 17.5 Å². The summed E-state index contributed by atoms with van der Waals surface area (Å²) in [6, 6.07) is 15.8. The van der Waals surface area contributed by atoms with E-state index in [4.69, 9.17) is 0 Å². The fourth-order valence-electron chi connectivity index (χ4n) is 3.52. The molecule has 0 aliphatic carbocycles. The van der Waals surface area contributed by atoms with E-state index in [9.17, 15) is 14.0 Å². The van der Waals surface area contributed by atoms with Crippen molar-refractivity contribution in [2.24, 2.45) is 0 Å². The zero-order chi connectivity index (χ0) is 21.5. The summed E-state index contributed by atoms with van der Waals surface area (Å²) in [6.07, 6.45) is 0. The van der Waals surface area contributed by atoms with Crippen molar-refractivity contribution in [2.45, 2.75) is 13.0 Å². The third-order valence-electron chi connectivity index (χ3n) is 5.58. The van der Waals surface area contributed by atoms with E-state index < -0.39 is 0 Å². The van der Waals surface area contributed by atoms with Crippen LogP contribution >= 0.6 is 0 Å². The van der Waals surface area contributed by atoms with E-state index in [0.717, 1.165) is 31.7 Å². The monoisotopic (exact) mass is 412 g/mol. The molecule has 0 saturated carbocycles. The molecule has 7 heteroatoms. The smallest absolute Gasteiger partial charge is 0.238 e. The van der Waals surface area contributed by atoms with Crippen LogP contribution in [-0.4, -0.2) is 72.8 Å². The summed E-state index contributed by atoms with van der Waals surface area (Å²) in [5.74, 6) is -0.362. The minimum Gasteiger partial charge on any atom is -0.338 e. The normalized spacial score (nSPS) is 16.1. The summed E-state index contributed by atoms with van der Waals surface area (Å²) >= 11 is 0. The highest BCUT2D eigenvalue weighted by atomic mass is 19.1. The van der Waals surface area contributed by atoms with E-state index >= 15 is 0 Å². The average molecular weight is 413 g/mol. The summed E-state index contributed by atoms with van der Waals surface area (Å²) in [5.41, 5.74) is 1.70. The van der Waals surface area contributed by atoms with Gasteiger partial charge in [0.2, 0.25) is 11.8 Å². The Morgan fingerprint density at radius 3 is 2.13 bits per heavy atom. The van der Waals surface area contributed by atoms with E-state index in [0.29, 0.717) is 12.2 Å². The van der Waals surface area contributed by atoms with Gasteiger partial charge in [-0.3, -0.25) is 19.4 Å². The summed E-state index contributed by atoms with van der Waals surface area (Å²) in [6.45, 7) is 5.62. The molecule has 3 rings (SSSR count). The zero-order valence-corrected chi connectivity index (χ0v) is 17.6. The van der Waals surface area contributed by atoms with Crippen LogP contribution in [-0.2, 0) is 9.59 Å². The van der Waals surface area contributed by atoms with Crippen LogP contribution in [0.1, 0.15) is 18.5 Å². The second kappa shape index (κ2) is 10.3. The predicted molar refractivity (Wildman–Crippen MR) is 116 cm³/mol. The van der Waals surface area contributed by atoms with Gasteiger partial charge in [0, 0.05) is 38.9 Å². The van der Waals surface area contributed by atoms with Gasteiger partial charge in [-0.15, -0.1) is 0 Å². The number of anilines is 1. The molecule has 1 atom stereocenters. The maximum atomic E-state index is 13.0. The zero-order valence-electron chi connectivity index (χ0n) is 17.6. The third-order valence-corrected chi connectivity index (χ3v) is 5.58. The topological polar surface area (TPSA) is 55.9 Å². The molecule has 6 nitrogen and oxygen atoms in total. The Bertz CT molecular complexity index is 836. The molecular formula is C23H29FN4O2. The third kappa shape index (κ3) is 6.11. The first-order valence-electron chi connectivity index (χ1n) is 10.2. The molecule has 1 aliphatic rings. The highest BCUT2D eigenvalue weighted by Gasteiger charge is 2.23. The molecule has 0 radical (unpaired) electrons. The molecule has 30 heavy (non-hydrogen) atoms. The first-order valence-corrected chi connectivity index (χ1v) is 10.2. The standard InChI is InChI=1S/C23H29FN4O2/c1-18(19-6-4-3-5-7-19)26(2)23(30)17-28-14-12-27(13-15-28)16-22(29)25-21-10-8-20(24)9-11-21/h3-11,18H,12-17H2,1-2H3,(H,25,29). The van der Waals surface area contributed by atoms with Crippen molar-refractivity contribution in [3.05, 3.63) is 66.0 Å². The number of amides is 2. The fraction of sp³-hybridized carbons (Fsp3) is 0.391. The lowest BCUT2D eigenvalue weighted by Crippen LogP contribution is -2.51. The molecule has 1 saturated heterocycles. The van der Waals surface area contributed by atoms with Gasteiger partial charge in [0.05, 0.1) is 19.1 Å². The number of piperazine rings is 1. The predicted octanol–water partition coefficient (Wildman–Crippen LogP) is 2.60. The van der Waals surface area contributed by atoms with Gasteiger partial charge in [-0.1, -0.05) is 30.3 Å². The van der Waals surface area contributed by atoms with Gasteiger partial charge in [-0.25, -0.2) is 4.39 Å². The van der Waals surface area contributed by atoms with E-state index in [1.165, 1.54) is 12.1 Å². The second-order valence-electron chi connectivity index (χ2n) is 7.70. The molecule has 1 unspecified atom stereocenters. The summed E-state index contributed by atoms with van der Waals surface area (Å²) in [4.78, 5) is 30.9. The molecule has 2 aromatic rings. The van der Waals surface area contributed by atoms with E-state index in [2.05, 4.69) is 15.1 Å². The van der Waals surface area contributed by atoms with E-state index in [1.54, 1.807) is 17.0 Å². The highest BCUT2D eigenvalue weighted by Crippen LogP contribution is 2.18. The van der Waals surface area contributed by atoms with Crippen LogP contribution in [0.5, 0.6) is 0 Å². The van der Waals surface area contributed by atoms with Gasteiger partial charge in [0.25, 0.3) is 0 Å². The number of nitrogens with one attached hydrogen (secondary N) is 1. The Balaban J connectivity index is 1.41. The molecule has 160 valence electrons. The Morgan fingerprint density at radius 1 is 0.967 bits per heavy atom. The van der Waals surface area contributed by atoms with Crippen molar-refractivity contribution in [3.63, 3.8) is 0 Å².